The molecule has 1 amide bonds. The van der Waals surface area contributed by atoms with E-state index in [9.17, 15) is 13.2 Å². The Labute approximate surface area is 138 Å². The van der Waals surface area contributed by atoms with Crippen LogP contribution >= 0.6 is 11.3 Å². The number of carbonyl (C=O) groups excluding carboxylic acids is 1. The number of primary sulfonamides is 1. The number of fused-ring (bicyclic) bond motifs is 1. The van der Waals surface area contributed by atoms with Crippen molar-refractivity contribution in [3.63, 3.8) is 0 Å². The first kappa shape index (κ1) is 16.1. The summed E-state index contributed by atoms with van der Waals surface area (Å²) in [4.78, 5) is 17.0. The SMILES string of the molecule is C=CCn1c(=NC(=O)C2CCC2)sc2cc(S(N)(=O)=O)ccc21. The second-order valence-electron chi connectivity index (χ2n) is 5.54. The number of sulfonamides is 1. The molecule has 23 heavy (non-hydrogen) atoms. The highest BCUT2D eigenvalue weighted by atomic mass is 32.2. The van der Waals surface area contributed by atoms with Crippen LogP contribution in [0.1, 0.15) is 19.3 Å². The fourth-order valence-corrected chi connectivity index (χ4v) is 4.16. The first-order valence-electron chi connectivity index (χ1n) is 7.26. The van der Waals surface area contributed by atoms with Gasteiger partial charge in [0.2, 0.25) is 10.0 Å². The molecule has 1 heterocycles. The van der Waals surface area contributed by atoms with E-state index in [-0.39, 0.29) is 16.7 Å². The Kier molecular flexibility index (Phi) is 4.22. The topological polar surface area (TPSA) is 94.5 Å². The molecule has 0 spiro atoms. The molecule has 2 N–H and O–H groups in total. The van der Waals surface area contributed by atoms with Crippen LogP contribution in [0, 0.1) is 5.92 Å². The maximum Gasteiger partial charge on any atom is 0.251 e. The molecule has 0 radical (unpaired) electrons. The molecule has 0 saturated heterocycles. The molecule has 6 nitrogen and oxygen atoms in total. The largest absolute Gasteiger partial charge is 0.313 e. The standard InChI is InChI=1S/C15H17N3O3S2/c1-2-8-18-12-7-6-11(23(16,20)21)9-13(12)22-15(18)17-14(19)10-4-3-5-10/h2,6-7,9-10H,1,3-5,8H2,(H2,16,20,21). The second-order valence-corrected chi connectivity index (χ2v) is 8.11. The number of nitrogens with two attached hydrogens (primary N) is 1. The van der Waals surface area contributed by atoms with Crippen molar-refractivity contribution >= 4 is 37.5 Å². The van der Waals surface area contributed by atoms with Crippen LogP contribution in [0.2, 0.25) is 0 Å². The molecule has 2 aromatic rings. The summed E-state index contributed by atoms with van der Waals surface area (Å²) in [6, 6.07) is 4.66. The monoisotopic (exact) mass is 351 g/mol. The van der Waals surface area contributed by atoms with Gasteiger partial charge in [-0.05, 0) is 31.0 Å². The van der Waals surface area contributed by atoms with Gasteiger partial charge in [0.1, 0.15) is 0 Å². The molecule has 1 aliphatic carbocycles. The van der Waals surface area contributed by atoms with E-state index in [1.54, 1.807) is 12.1 Å². The molecule has 0 atom stereocenters. The highest BCUT2D eigenvalue weighted by Crippen LogP contribution is 2.27. The van der Waals surface area contributed by atoms with Crippen LogP contribution in [-0.2, 0) is 21.4 Å². The first-order chi connectivity index (χ1) is 10.9. The fourth-order valence-electron chi connectivity index (χ4n) is 2.46. The Morgan fingerprint density at radius 2 is 2.22 bits per heavy atom. The van der Waals surface area contributed by atoms with Gasteiger partial charge in [-0.25, -0.2) is 13.6 Å². The van der Waals surface area contributed by atoms with Gasteiger partial charge in [0, 0.05) is 12.5 Å². The van der Waals surface area contributed by atoms with Gasteiger partial charge in [0.15, 0.2) is 4.80 Å². The summed E-state index contributed by atoms with van der Waals surface area (Å²) >= 11 is 1.28. The van der Waals surface area contributed by atoms with Gasteiger partial charge in [-0.3, -0.25) is 4.79 Å². The Morgan fingerprint density at radius 3 is 2.78 bits per heavy atom. The van der Waals surface area contributed by atoms with Crippen LogP contribution in [0.3, 0.4) is 0 Å². The lowest BCUT2D eigenvalue weighted by Gasteiger charge is -2.20. The number of benzene rings is 1. The predicted octanol–water partition coefficient (Wildman–Crippen LogP) is 1.76. The fraction of sp³-hybridized carbons (Fsp3) is 0.333. The van der Waals surface area contributed by atoms with Gasteiger partial charge in [-0.15, -0.1) is 6.58 Å². The van der Waals surface area contributed by atoms with Crippen molar-refractivity contribution < 1.29 is 13.2 Å². The average molecular weight is 351 g/mol. The second kappa shape index (κ2) is 6.03. The number of rotatable bonds is 4. The zero-order chi connectivity index (χ0) is 16.6. The molecule has 8 heteroatoms. The lowest BCUT2D eigenvalue weighted by Crippen LogP contribution is -2.24. The van der Waals surface area contributed by atoms with E-state index in [0.29, 0.717) is 11.3 Å². The molecule has 0 aliphatic heterocycles. The summed E-state index contributed by atoms with van der Waals surface area (Å²) in [6.45, 7) is 4.21. The van der Waals surface area contributed by atoms with E-state index in [1.807, 2.05) is 4.57 Å². The molecule has 3 rings (SSSR count). The lowest BCUT2D eigenvalue weighted by atomic mass is 9.85. The molecule has 0 unspecified atom stereocenters. The third kappa shape index (κ3) is 3.15. The van der Waals surface area contributed by atoms with Crippen molar-refractivity contribution in [1.29, 1.82) is 0 Å². The van der Waals surface area contributed by atoms with Gasteiger partial charge >= 0.3 is 0 Å². The van der Waals surface area contributed by atoms with Crippen molar-refractivity contribution in [3.05, 3.63) is 35.7 Å². The summed E-state index contributed by atoms with van der Waals surface area (Å²) in [7, 11) is -3.76. The summed E-state index contributed by atoms with van der Waals surface area (Å²) in [6.07, 6.45) is 4.57. The van der Waals surface area contributed by atoms with Crippen LogP contribution in [0.4, 0.5) is 0 Å². The molecule has 1 fully saturated rings. The number of allylic oxidation sites excluding steroid dienone is 1. The molecule has 1 aromatic carbocycles. The molecule has 1 aliphatic rings. The van der Waals surface area contributed by atoms with Gasteiger partial charge in [-0.1, -0.05) is 23.8 Å². The minimum Gasteiger partial charge on any atom is -0.313 e. The van der Waals surface area contributed by atoms with Crippen molar-refractivity contribution in [1.82, 2.24) is 4.57 Å². The smallest absolute Gasteiger partial charge is 0.251 e. The highest BCUT2D eigenvalue weighted by Gasteiger charge is 2.25. The van der Waals surface area contributed by atoms with Crippen molar-refractivity contribution in [3.8, 4) is 0 Å². The van der Waals surface area contributed by atoms with Gasteiger partial charge in [-0.2, -0.15) is 4.99 Å². The predicted molar refractivity (Wildman–Crippen MR) is 89.3 cm³/mol. The van der Waals surface area contributed by atoms with Gasteiger partial charge in [0.05, 0.1) is 15.1 Å². The summed E-state index contributed by atoms with van der Waals surface area (Å²) in [5.74, 6) is -0.0790. The van der Waals surface area contributed by atoms with E-state index >= 15 is 0 Å². The number of hydrogen-bond acceptors (Lipinski definition) is 4. The van der Waals surface area contributed by atoms with Gasteiger partial charge < -0.3 is 4.57 Å². The first-order valence-corrected chi connectivity index (χ1v) is 9.62. The van der Waals surface area contributed by atoms with E-state index in [1.165, 1.54) is 23.5 Å². The maximum absolute atomic E-state index is 12.1. The third-order valence-corrected chi connectivity index (χ3v) is 5.91. The number of thiazole rings is 1. The van der Waals surface area contributed by atoms with Crippen LogP contribution in [-0.4, -0.2) is 18.9 Å². The van der Waals surface area contributed by atoms with Crippen LogP contribution < -0.4 is 9.94 Å². The number of aromatic nitrogens is 1. The maximum atomic E-state index is 12.1. The van der Waals surface area contributed by atoms with E-state index in [4.69, 9.17) is 5.14 Å². The quantitative estimate of drug-likeness (QED) is 0.850. The van der Waals surface area contributed by atoms with E-state index in [0.717, 1.165) is 29.5 Å². The lowest BCUT2D eigenvalue weighted by molar-refractivity contribution is -0.124. The highest BCUT2D eigenvalue weighted by molar-refractivity contribution is 7.89. The van der Waals surface area contributed by atoms with Crippen molar-refractivity contribution in [2.45, 2.75) is 30.7 Å². The normalized spacial score (nSPS) is 16.5. The van der Waals surface area contributed by atoms with Crippen molar-refractivity contribution in [2.75, 3.05) is 0 Å². The van der Waals surface area contributed by atoms with Crippen LogP contribution in [0.15, 0.2) is 40.7 Å². The Morgan fingerprint density at radius 1 is 1.48 bits per heavy atom. The zero-order valence-corrected chi connectivity index (χ0v) is 14.1. The molecule has 1 aromatic heterocycles. The van der Waals surface area contributed by atoms with E-state index in [2.05, 4.69) is 11.6 Å². The zero-order valence-electron chi connectivity index (χ0n) is 12.4. The Bertz CT molecular complexity index is 950. The Balaban J connectivity index is 2.16. The molecular formula is C15H17N3O3S2. The Hall–Kier alpha value is -1.77. The third-order valence-electron chi connectivity index (χ3n) is 3.95. The number of hydrogen-bond donors (Lipinski definition) is 1. The molecule has 122 valence electrons. The molecule has 1 saturated carbocycles. The molecular weight excluding hydrogens is 334 g/mol. The minimum absolute atomic E-state index is 0.0253. The van der Waals surface area contributed by atoms with E-state index < -0.39 is 10.0 Å². The average Bonchev–Trinajstić information content (AvgIpc) is 2.73. The summed E-state index contributed by atoms with van der Waals surface area (Å²) in [5, 5.41) is 5.17. The molecule has 0 bridgehead atoms. The van der Waals surface area contributed by atoms with Gasteiger partial charge in [0.25, 0.3) is 5.91 Å². The van der Waals surface area contributed by atoms with Crippen LogP contribution in [0.5, 0.6) is 0 Å². The van der Waals surface area contributed by atoms with Crippen LogP contribution in [0.25, 0.3) is 10.2 Å². The summed E-state index contributed by atoms with van der Waals surface area (Å²) in [5.41, 5.74) is 0.808. The number of nitrogens with zero attached hydrogens (tertiary/aromatic N) is 2. The number of carbonyl (C=O) groups is 1. The number of amides is 1. The minimum atomic E-state index is -3.76. The van der Waals surface area contributed by atoms with Crippen molar-refractivity contribution in [2.24, 2.45) is 16.0 Å². The summed E-state index contributed by atoms with van der Waals surface area (Å²) < 4.78 is 25.6.